The molecule has 0 unspecified atom stereocenters. The lowest BCUT2D eigenvalue weighted by Crippen LogP contribution is -2.60. The number of halogens is 1. The van der Waals surface area contributed by atoms with E-state index in [1.165, 1.54) is 0 Å². The summed E-state index contributed by atoms with van der Waals surface area (Å²) in [5, 5.41) is 8.66. The van der Waals surface area contributed by atoms with Crippen LogP contribution in [0.4, 0.5) is 0 Å². The summed E-state index contributed by atoms with van der Waals surface area (Å²) in [4.78, 5) is 24.0. The van der Waals surface area contributed by atoms with Crippen molar-refractivity contribution in [3.05, 3.63) is 0 Å². The summed E-state index contributed by atoms with van der Waals surface area (Å²) in [5.74, 6) is -0.125. The molecule has 2 amide bonds. The number of hydrogen-bond acceptors (Lipinski definition) is 3. The number of likely N-dealkylation sites (N-methyl/N-ethyl adjacent to an activating group) is 1. The molecule has 0 bridgehead atoms. The summed E-state index contributed by atoms with van der Waals surface area (Å²) in [6.07, 6.45) is 5.55. The van der Waals surface area contributed by atoms with Crippen LogP contribution in [-0.4, -0.2) is 37.5 Å². The van der Waals surface area contributed by atoms with Crippen LogP contribution < -0.4 is 16.0 Å². The Morgan fingerprint density at radius 2 is 1.79 bits per heavy atom. The molecule has 1 saturated carbocycles. The van der Waals surface area contributed by atoms with E-state index in [1.807, 2.05) is 6.92 Å². The maximum Gasteiger partial charge on any atom is 0.245 e. The maximum atomic E-state index is 12.3. The maximum absolute atomic E-state index is 12.3. The van der Waals surface area contributed by atoms with Gasteiger partial charge in [-0.15, -0.1) is 12.4 Å². The first-order valence-electron chi connectivity index (χ1n) is 6.88. The number of nitrogens with one attached hydrogen (secondary N) is 3. The third-order valence-electron chi connectivity index (χ3n) is 3.39. The molecule has 5 nitrogen and oxygen atoms in total. The minimum Gasteiger partial charge on any atom is -0.354 e. The zero-order valence-corrected chi connectivity index (χ0v) is 12.7. The van der Waals surface area contributed by atoms with Crippen LogP contribution in [0, 0.1) is 0 Å². The van der Waals surface area contributed by atoms with E-state index >= 15 is 0 Å². The molecule has 0 saturated heterocycles. The van der Waals surface area contributed by atoms with Crippen LogP contribution >= 0.6 is 12.4 Å². The Bertz CT molecular complexity index is 292. The van der Waals surface area contributed by atoms with Crippen LogP contribution in [0.5, 0.6) is 0 Å². The zero-order chi connectivity index (χ0) is 13.4. The fraction of sp³-hybridized carbons (Fsp3) is 0.846. The largest absolute Gasteiger partial charge is 0.354 e. The van der Waals surface area contributed by atoms with E-state index in [4.69, 9.17) is 0 Å². The molecular weight excluding hydrogens is 266 g/mol. The highest BCUT2D eigenvalue weighted by Crippen LogP contribution is 2.28. The molecule has 0 aliphatic heterocycles. The molecule has 112 valence electrons. The standard InChI is InChI=1S/C13H25N3O2.ClH/c1-3-9-15-12(18)13(7-5-4-6-8-13)16-11(17)10-14-2;/h14H,3-10H2,1-2H3,(H,15,18)(H,16,17);1H. The second kappa shape index (κ2) is 9.15. The van der Waals surface area contributed by atoms with E-state index in [9.17, 15) is 9.59 Å². The number of carbonyl (C=O) groups excluding carboxylic acids is 2. The van der Waals surface area contributed by atoms with Crippen LogP contribution in [0.1, 0.15) is 45.4 Å². The zero-order valence-electron chi connectivity index (χ0n) is 11.9. The van der Waals surface area contributed by atoms with E-state index in [-0.39, 0.29) is 30.8 Å². The van der Waals surface area contributed by atoms with Gasteiger partial charge in [0.2, 0.25) is 11.8 Å². The van der Waals surface area contributed by atoms with E-state index in [1.54, 1.807) is 7.05 Å². The molecule has 1 fully saturated rings. The van der Waals surface area contributed by atoms with Crippen molar-refractivity contribution in [2.75, 3.05) is 20.1 Å². The van der Waals surface area contributed by atoms with Gasteiger partial charge in [0.25, 0.3) is 0 Å². The first-order valence-corrected chi connectivity index (χ1v) is 6.88. The average Bonchev–Trinajstić information content (AvgIpc) is 2.37. The van der Waals surface area contributed by atoms with Gasteiger partial charge in [0.15, 0.2) is 0 Å². The Labute approximate surface area is 121 Å². The monoisotopic (exact) mass is 291 g/mol. The van der Waals surface area contributed by atoms with E-state index < -0.39 is 5.54 Å². The molecule has 0 atom stereocenters. The molecule has 1 aliphatic carbocycles. The Morgan fingerprint density at radius 1 is 1.16 bits per heavy atom. The predicted octanol–water partition coefficient (Wildman–Crippen LogP) is 0.973. The van der Waals surface area contributed by atoms with Crippen LogP contribution in [0.3, 0.4) is 0 Å². The highest BCUT2D eigenvalue weighted by Gasteiger charge is 2.40. The number of amides is 2. The van der Waals surface area contributed by atoms with Gasteiger partial charge in [0, 0.05) is 6.54 Å². The van der Waals surface area contributed by atoms with Crippen molar-refractivity contribution >= 4 is 24.2 Å². The fourth-order valence-corrected chi connectivity index (χ4v) is 2.44. The van der Waals surface area contributed by atoms with Crippen molar-refractivity contribution < 1.29 is 9.59 Å². The van der Waals surface area contributed by atoms with E-state index in [0.29, 0.717) is 6.54 Å². The van der Waals surface area contributed by atoms with Crippen LogP contribution in [-0.2, 0) is 9.59 Å². The quantitative estimate of drug-likeness (QED) is 0.683. The lowest BCUT2D eigenvalue weighted by Gasteiger charge is -2.36. The van der Waals surface area contributed by atoms with Gasteiger partial charge < -0.3 is 16.0 Å². The predicted molar refractivity (Wildman–Crippen MR) is 78.4 cm³/mol. The number of rotatable bonds is 6. The Kier molecular flexibility index (Phi) is 8.76. The van der Waals surface area contributed by atoms with Gasteiger partial charge in [-0.1, -0.05) is 26.2 Å². The molecule has 1 rings (SSSR count). The number of carbonyl (C=O) groups is 2. The van der Waals surface area contributed by atoms with E-state index in [0.717, 1.165) is 38.5 Å². The number of hydrogen-bond donors (Lipinski definition) is 3. The highest BCUT2D eigenvalue weighted by atomic mass is 35.5. The Balaban J connectivity index is 0.00000324. The van der Waals surface area contributed by atoms with Crippen molar-refractivity contribution in [3.8, 4) is 0 Å². The Hall–Kier alpha value is -0.810. The molecule has 0 aromatic rings. The first-order chi connectivity index (χ1) is 8.64. The van der Waals surface area contributed by atoms with Gasteiger partial charge in [-0.2, -0.15) is 0 Å². The second-order valence-corrected chi connectivity index (χ2v) is 4.98. The highest BCUT2D eigenvalue weighted by molar-refractivity contribution is 5.92. The van der Waals surface area contributed by atoms with Crippen LogP contribution in [0.15, 0.2) is 0 Å². The molecule has 0 radical (unpaired) electrons. The minimum absolute atomic E-state index is 0. The molecule has 0 spiro atoms. The smallest absolute Gasteiger partial charge is 0.245 e. The molecule has 6 heteroatoms. The van der Waals surface area contributed by atoms with Gasteiger partial charge in [-0.3, -0.25) is 9.59 Å². The van der Waals surface area contributed by atoms with Gasteiger partial charge in [0.1, 0.15) is 5.54 Å². The first kappa shape index (κ1) is 18.2. The van der Waals surface area contributed by atoms with Crippen molar-refractivity contribution in [1.82, 2.24) is 16.0 Å². The molecule has 0 aromatic heterocycles. The van der Waals surface area contributed by atoms with Crippen molar-refractivity contribution in [2.45, 2.75) is 51.0 Å². The summed E-state index contributed by atoms with van der Waals surface area (Å²) < 4.78 is 0. The average molecular weight is 292 g/mol. The second-order valence-electron chi connectivity index (χ2n) is 4.98. The summed E-state index contributed by atoms with van der Waals surface area (Å²) >= 11 is 0. The lowest BCUT2D eigenvalue weighted by atomic mass is 9.80. The fourth-order valence-electron chi connectivity index (χ4n) is 2.44. The summed E-state index contributed by atoms with van der Waals surface area (Å²) in [7, 11) is 1.73. The summed E-state index contributed by atoms with van der Waals surface area (Å²) in [6.45, 7) is 2.94. The minimum atomic E-state index is -0.679. The molecule has 3 N–H and O–H groups in total. The third-order valence-corrected chi connectivity index (χ3v) is 3.39. The molecule has 1 aliphatic rings. The molecular formula is C13H26ClN3O2. The molecule has 0 aromatic carbocycles. The normalized spacial score (nSPS) is 17.2. The molecule has 0 heterocycles. The van der Waals surface area contributed by atoms with Gasteiger partial charge in [-0.25, -0.2) is 0 Å². The van der Waals surface area contributed by atoms with Gasteiger partial charge in [-0.05, 0) is 26.3 Å². The van der Waals surface area contributed by atoms with Crippen LogP contribution in [0.2, 0.25) is 0 Å². The van der Waals surface area contributed by atoms with Gasteiger partial charge >= 0.3 is 0 Å². The van der Waals surface area contributed by atoms with E-state index in [2.05, 4.69) is 16.0 Å². The Morgan fingerprint density at radius 3 is 2.32 bits per heavy atom. The van der Waals surface area contributed by atoms with Crippen LogP contribution in [0.25, 0.3) is 0 Å². The topological polar surface area (TPSA) is 70.2 Å². The lowest BCUT2D eigenvalue weighted by molar-refractivity contribution is -0.134. The SMILES string of the molecule is CCCNC(=O)C1(NC(=O)CNC)CCCCC1.Cl. The summed E-state index contributed by atoms with van der Waals surface area (Å²) in [5.41, 5.74) is -0.679. The third kappa shape index (κ3) is 5.37. The van der Waals surface area contributed by atoms with Gasteiger partial charge in [0.05, 0.1) is 6.54 Å². The van der Waals surface area contributed by atoms with Crippen molar-refractivity contribution in [3.63, 3.8) is 0 Å². The van der Waals surface area contributed by atoms with Crippen molar-refractivity contribution in [1.29, 1.82) is 0 Å². The van der Waals surface area contributed by atoms with Crippen molar-refractivity contribution in [2.24, 2.45) is 0 Å². The molecule has 19 heavy (non-hydrogen) atoms. The summed E-state index contributed by atoms with van der Waals surface area (Å²) in [6, 6.07) is 0.